The monoisotopic (exact) mass is 302 g/mol. The van der Waals surface area contributed by atoms with E-state index in [0.29, 0.717) is 0 Å². The number of hydrogen-bond donors (Lipinski definition) is 0. The summed E-state index contributed by atoms with van der Waals surface area (Å²) in [5.74, 6) is 0. The molecule has 86 valence electrons. The van der Waals surface area contributed by atoms with Crippen molar-refractivity contribution in [2.45, 2.75) is 19.6 Å². The lowest BCUT2D eigenvalue weighted by molar-refractivity contribution is 1.40. The van der Waals surface area contributed by atoms with Crippen LogP contribution in [0.3, 0.4) is 0 Å². The Hall–Kier alpha value is -0.420. The molecule has 0 aliphatic carbocycles. The quantitative estimate of drug-likeness (QED) is 0.357. The summed E-state index contributed by atoms with van der Waals surface area (Å²) in [6.07, 6.45) is 0. The summed E-state index contributed by atoms with van der Waals surface area (Å²) in [4.78, 5) is 5.80. The van der Waals surface area contributed by atoms with Crippen LogP contribution < -0.4 is 0 Å². The summed E-state index contributed by atoms with van der Waals surface area (Å²) >= 11 is 0. The molecule has 0 N–H and O–H groups in total. The highest BCUT2D eigenvalue weighted by Gasteiger charge is 2.27. The van der Waals surface area contributed by atoms with Gasteiger partial charge in [0.2, 0.25) is 0 Å². The molecule has 18 heavy (non-hydrogen) atoms. The zero-order chi connectivity index (χ0) is 11.7. The average molecular weight is 302 g/mol. The minimum absolute atomic E-state index is 1.42. The molecule has 0 spiro atoms. The van der Waals surface area contributed by atoms with Crippen LogP contribution in [0.25, 0.3) is 21.5 Å². The van der Waals surface area contributed by atoms with Gasteiger partial charge >= 0.3 is 0 Å². The first-order chi connectivity index (χ1) is 8.93. The molecule has 0 unspecified atom stereocenters. The van der Waals surface area contributed by atoms with Gasteiger partial charge in [0.15, 0.2) is 0 Å². The topological polar surface area (TPSA) is 0 Å². The van der Waals surface area contributed by atoms with Crippen molar-refractivity contribution >= 4 is 64.7 Å². The summed E-state index contributed by atoms with van der Waals surface area (Å²) in [5.41, 5.74) is 0. The van der Waals surface area contributed by atoms with E-state index in [1.165, 1.54) is 41.1 Å². The molecule has 0 amide bonds. The van der Waals surface area contributed by atoms with E-state index >= 15 is 0 Å². The number of rotatable bonds is 0. The van der Waals surface area contributed by atoms with Crippen molar-refractivity contribution < 1.29 is 0 Å². The van der Waals surface area contributed by atoms with E-state index in [9.17, 15) is 0 Å². The Bertz CT molecular complexity index is 768. The minimum Gasteiger partial charge on any atom is -0.0616 e. The highest BCUT2D eigenvalue weighted by Crippen LogP contribution is 2.62. The Morgan fingerprint density at radius 2 is 1.06 bits per heavy atom. The van der Waals surface area contributed by atoms with E-state index in [0.717, 1.165) is 0 Å². The molecule has 0 saturated carbocycles. The predicted octanol–water partition coefficient (Wildman–Crippen LogP) is 6.22. The van der Waals surface area contributed by atoms with Crippen LogP contribution in [-0.2, 0) is 0 Å². The van der Waals surface area contributed by atoms with E-state index in [2.05, 4.69) is 36.4 Å². The van der Waals surface area contributed by atoms with Crippen LogP contribution in [0.4, 0.5) is 0 Å². The van der Waals surface area contributed by atoms with Crippen LogP contribution in [-0.4, -0.2) is 0 Å². The minimum atomic E-state index is 1.42. The SMILES string of the molecule is c1ccc2c3c4c(ccc5c4c(c2c1)SS5)SS3. The molecule has 0 nitrogen and oxygen atoms in total. The Balaban J connectivity index is 2.19. The van der Waals surface area contributed by atoms with Crippen LogP contribution in [0.2, 0.25) is 0 Å². The molecular weight excluding hydrogens is 296 g/mol. The van der Waals surface area contributed by atoms with Crippen molar-refractivity contribution in [2.24, 2.45) is 0 Å². The van der Waals surface area contributed by atoms with Crippen molar-refractivity contribution in [1.82, 2.24) is 0 Å². The molecule has 2 aliphatic rings. The highest BCUT2D eigenvalue weighted by atomic mass is 33.1. The molecular formula is C14H6S4. The fraction of sp³-hybridized carbons (Fsp3) is 0. The maximum Gasteiger partial charge on any atom is 0.0356 e. The summed E-state index contributed by atoms with van der Waals surface area (Å²) in [7, 11) is 7.65. The Labute approximate surface area is 120 Å². The van der Waals surface area contributed by atoms with E-state index in [4.69, 9.17) is 0 Å². The third-order valence-corrected chi connectivity index (χ3v) is 8.39. The van der Waals surface area contributed by atoms with Gasteiger partial charge in [-0.25, -0.2) is 0 Å². The fourth-order valence-corrected chi connectivity index (χ4v) is 7.98. The Morgan fingerprint density at radius 1 is 0.556 bits per heavy atom. The van der Waals surface area contributed by atoms with Crippen molar-refractivity contribution in [1.29, 1.82) is 0 Å². The molecule has 0 fully saturated rings. The van der Waals surface area contributed by atoms with E-state index in [1.807, 2.05) is 43.2 Å². The standard InChI is InChI=1S/C14H6S4/c1-2-4-8-7(3-1)13-11-9(15-17-13)5-6-10-12(11)14(8)18-16-10/h1-6H. The average Bonchev–Trinajstić information content (AvgIpc) is 3.01. The lowest BCUT2D eigenvalue weighted by atomic mass is 10.0. The van der Waals surface area contributed by atoms with Crippen LogP contribution in [0.15, 0.2) is 56.0 Å². The van der Waals surface area contributed by atoms with Gasteiger partial charge in [0.05, 0.1) is 0 Å². The van der Waals surface area contributed by atoms with Gasteiger partial charge in [-0.3, -0.25) is 0 Å². The summed E-state index contributed by atoms with van der Waals surface area (Å²) in [5, 5.41) is 5.83. The molecule has 0 aromatic heterocycles. The second-order valence-electron chi connectivity index (χ2n) is 4.35. The lowest BCUT2D eigenvalue weighted by Gasteiger charge is -2.08. The van der Waals surface area contributed by atoms with Gasteiger partial charge in [-0.1, -0.05) is 67.4 Å². The van der Waals surface area contributed by atoms with Crippen molar-refractivity contribution in [3.8, 4) is 0 Å². The number of hydrogen-bond acceptors (Lipinski definition) is 4. The molecule has 0 radical (unpaired) electrons. The second-order valence-corrected chi connectivity index (χ2v) is 8.71. The zero-order valence-electron chi connectivity index (χ0n) is 9.10. The number of fused-ring (bicyclic) bond motifs is 3. The van der Waals surface area contributed by atoms with Crippen molar-refractivity contribution in [3.63, 3.8) is 0 Å². The smallest absolute Gasteiger partial charge is 0.0356 e. The fourth-order valence-electron chi connectivity index (χ4n) is 2.65. The van der Waals surface area contributed by atoms with Gasteiger partial charge in [0, 0.05) is 30.4 Å². The maximum absolute atomic E-state index is 2.28. The van der Waals surface area contributed by atoms with Crippen LogP contribution >= 0.6 is 43.2 Å². The van der Waals surface area contributed by atoms with Crippen LogP contribution in [0.5, 0.6) is 0 Å². The first-order valence-electron chi connectivity index (χ1n) is 5.64. The molecule has 2 aliphatic heterocycles. The first-order valence-corrected chi connectivity index (χ1v) is 9.94. The maximum atomic E-state index is 2.28. The highest BCUT2D eigenvalue weighted by molar-refractivity contribution is 8.77. The first kappa shape index (κ1) is 10.4. The summed E-state index contributed by atoms with van der Waals surface area (Å²) < 4.78 is 0. The zero-order valence-corrected chi connectivity index (χ0v) is 12.4. The predicted molar refractivity (Wildman–Crippen MR) is 84.9 cm³/mol. The molecule has 2 heterocycles. The van der Waals surface area contributed by atoms with Gasteiger partial charge in [-0.15, -0.1) is 0 Å². The number of benzene rings is 3. The van der Waals surface area contributed by atoms with E-state index in [1.54, 1.807) is 0 Å². The second kappa shape index (κ2) is 3.57. The third kappa shape index (κ3) is 1.15. The van der Waals surface area contributed by atoms with Gasteiger partial charge in [0.25, 0.3) is 0 Å². The van der Waals surface area contributed by atoms with Gasteiger partial charge in [-0.05, 0) is 22.9 Å². The Morgan fingerprint density at radius 3 is 1.56 bits per heavy atom. The van der Waals surface area contributed by atoms with E-state index < -0.39 is 0 Å². The largest absolute Gasteiger partial charge is 0.0616 e. The normalized spacial score (nSPS) is 16.0. The van der Waals surface area contributed by atoms with E-state index in [-0.39, 0.29) is 0 Å². The third-order valence-electron chi connectivity index (χ3n) is 3.43. The molecule has 4 heteroatoms. The lowest BCUT2D eigenvalue weighted by Crippen LogP contribution is -1.82. The molecule has 0 atom stereocenters. The van der Waals surface area contributed by atoms with Crippen LogP contribution in [0, 0.1) is 0 Å². The van der Waals surface area contributed by atoms with Crippen molar-refractivity contribution in [2.75, 3.05) is 0 Å². The van der Waals surface area contributed by atoms with Crippen LogP contribution in [0.1, 0.15) is 0 Å². The Kier molecular flexibility index (Phi) is 2.06. The van der Waals surface area contributed by atoms with Crippen molar-refractivity contribution in [3.05, 3.63) is 36.4 Å². The van der Waals surface area contributed by atoms with Gasteiger partial charge in [0.1, 0.15) is 0 Å². The van der Waals surface area contributed by atoms with Gasteiger partial charge < -0.3 is 0 Å². The molecule has 0 bridgehead atoms. The summed E-state index contributed by atoms with van der Waals surface area (Å²) in [6, 6.07) is 13.4. The summed E-state index contributed by atoms with van der Waals surface area (Å²) in [6.45, 7) is 0. The molecule has 3 aromatic carbocycles. The molecule has 0 saturated heterocycles. The molecule has 5 rings (SSSR count). The molecule has 3 aromatic rings. The van der Waals surface area contributed by atoms with Gasteiger partial charge in [-0.2, -0.15) is 0 Å².